The van der Waals surface area contributed by atoms with E-state index >= 15 is 0 Å². The van der Waals surface area contributed by atoms with Crippen LogP contribution in [0.25, 0.3) is 11.4 Å². The quantitative estimate of drug-likeness (QED) is 0.684. The van der Waals surface area contributed by atoms with Gasteiger partial charge in [0, 0.05) is 11.8 Å². The van der Waals surface area contributed by atoms with Gasteiger partial charge in [0.1, 0.15) is 29.7 Å². The van der Waals surface area contributed by atoms with Crippen LogP contribution in [0.3, 0.4) is 0 Å². The number of rotatable bonds is 5. The fourth-order valence-electron chi connectivity index (χ4n) is 3.89. The number of carbonyl (C=O) groups excluding carboxylic acids is 1. The number of hydrogen-bond donors (Lipinski definition) is 1. The zero-order valence-corrected chi connectivity index (χ0v) is 16.3. The summed E-state index contributed by atoms with van der Waals surface area (Å²) >= 11 is 0. The van der Waals surface area contributed by atoms with Gasteiger partial charge in [-0.05, 0) is 36.4 Å². The normalized spacial score (nSPS) is 25.1. The molecule has 9 heteroatoms. The number of aromatic nitrogens is 4. The van der Waals surface area contributed by atoms with Crippen LogP contribution in [0.4, 0.5) is 0 Å². The number of methoxy groups -OCH3 is 1. The molecule has 0 saturated carbocycles. The number of nitrogens with zero attached hydrogens (tertiary/aromatic N) is 4. The maximum absolute atomic E-state index is 12.6. The summed E-state index contributed by atoms with van der Waals surface area (Å²) in [5.74, 6) is 0.535. The van der Waals surface area contributed by atoms with Crippen molar-refractivity contribution in [2.24, 2.45) is 0 Å². The molecule has 4 atom stereocenters. The van der Waals surface area contributed by atoms with Crippen molar-refractivity contribution >= 4 is 5.91 Å². The van der Waals surface area contributed by atoms with Crippen LogP contribution < -0.4 is 10.1 Å². The van der Waals surface area contributed by atoms with Crippen LogP contribution in [0, 0.1) is 0 Å². The number of hydrogen-bond acceptors (Lipinski definition) is 7. The number of pyridine rings is 1. The van der Waals surface area contributed by atoms with Gasteiger partial charge in [0.15, 0.2) is 0 Å². The largest absolute Gasteiger partial charge is 0.497 e. The summed E-state index contributed by atoms with van der Waals surface area (Å²) in [5, 5.41) is 11.5. The molecular formula is C21H21N5O4. The van der Waals surface area contributed by atoms with Gasteiger partial charge < -0.3 is 19.5 Å². The topological polar surface area (TPSA) is 100 Å². The molecule has 2 aliphatic rings. The van der Waals surface area contributed by atoms with Crippen molar-refractivity contribution in [3.63, 3.8) is 0 Å². The van der Waals surface area contributed by atoms with E-state index in [0.29, 0.717) is 30.2 Å². The van der Waals surface area contributed by atoms with Gasteiger partial charge in [0.05, 0.1) is 38.3 Å². The summed E-state index contributed by atoms with van der Waals surface area (Å²) in [6.07, 6.45) is 3.13. The summed E-state index contributed by atoms with van der Waals surface area (Å²) in [4.78, 5) is 16.9. The molecule has 2 aromatic heterocycles. The molecule has 4 heterocycles. The van der Waals surface area contributed by atoms with E-state index in [1.807, 2.05) is 24.4 Å². The molecule has 0 unspecified atom stereocenters. The Morgan fingerprint density at radius 2 is 1.93 bits per heavy atom. The first-order valence-electron chi connectivity index (χ1n) is 9.74. The number of carbonyl (C=O) groups is 1. The van der Waals surface area contributed by atoms with Crippen molar-refractivity contribution in [2.75, 3.05) is 20.3 Å². The minimum Gasteiger partial charge on any atom is -0.497 e. The third-order valence-corrected chi connectivity index (χ3v) is 5.47. The summed E-state index contributed by atoms with van der Waals surface area (Å²) in [7, 11) is 1.59. The summed E-state index contributed by atoms with van der Waals surface area (Å²) in [6.45, 7) is 0.824. The summed E-state index contributed by atoms with van der Waals surface area (Å²) in [5.41, 5.74) is 2.02. The molecule has 0 radical (unpaired) electrons. The van der Waals surface area contributed by atoms with Crippen LogP contribution >= 0.6 is 0 Å². The second kappa shape index (κ2) is 7.85. The predicted octanol–water partition coefficient (Wildman–Crippen LogP) is 1.49. The lowest BCUT2D eigenvalue weighted by Gasteiger charge is -2.18. The highest BCUT2D eigenvalue weighted by molar-refractivity contribution is 5.94. The summed E-state index contributed by atoms with van der Waals surface area (Å²) in [6, 6.07) is 12.3. The summed E-state index contributed by atoms with van der Waals surface area (Å²) < 4.78 is 18.9. The third-order valence-electron chi connectivity index (χ3n) is 5.47. The highest BCUT2D eigenvalue weighted by Gasteiger charge is 2.49. The van der Waals surface area contributed by atoms with E-state index < -0.39 is 0 Å². The lowest BCUT2D eigenvalue weighted by Crippen LogP contribution is -2.44. The first-order valence-corrected chi connectivity index (χ1v) is 9.74. The molecule has 1 aromatic carbocycles. The zero-order valence-electron chi connectivity index (χ0n) is 16.3. The lowest BCUT2D eigenvalue weighted by atomic mass is 10.1. The highest BCUT2D eigenvalue weighted by Crippen LogP contribution is 2.34. The van der Waals surface area contributed by atoms with Gasteiger partial charge in [-0.1, -0.05) is 11.3 Å². The minimum absolute atomic E-state index is 0.108. The van der Waals surface area contributed by atoms with Gasteiger partial charge in [-0.25, -0.2) is 4.68 Å². The Balaban J connectivity index is 1.26. The van der Waals surface area contributed by atoms with Crippen molar-refractivity contribution in [3.05, 3.63) is 60.4 Å². The Bertz CT molecular complexity index is 1020. The fourth-order valence-corrected chi connectivity index (χ4v) is 3.89. The van der Waals surface area contributed by atoms with E-state index in [0.717, 1.165) is 5.69 Å². The molecule has 1 amide bonds. The highest BCUT2D eigenvalue weighted by atomic mass is 16.6. The van der Waals surface area contributed by atoms with Gasteiger partial charge in [-0.3, -0.25) is 9.78 Å². The maximum Gasteiger partial charge on any atom is 0.251 e. The van der Waals surface area contributed by atoms with E-state index in [1.165, 1.54) is 0 Å². The van der Waals surface area contributed by atoms with E-state index in [2.05, 4.69) is 20.6 Å². The SMILES string of the molecule is COc1ccc(C(=O)N[C@H]2CO[C@H]3[C@@H]2OC[C@@H]3n2cc(-c3ccccn3)nn2)cc1. The molecule has 2 saturated heterocycles. The van der Waals surface area contributed by atoms with Crippen LogP contribution in [0.2, 0.25) is 0 Å². The Kier molecular flexibility index (Phi) is 4.89. The van der Waals surface area contributed by atoms with Gasteiger partial charge in [-0.2, -0.15) is 0 Å². The Hall–Kier alpha value is -3.30. The van der Waals surface area contributed by atoms with Crippen LogP contribution in [0.1, 0.15) is 16.4 Å². The first kappa shape index (κ1) is 18.7. The van der Waals surface area contributed by atoms with Crippen LogP contribution in [0.15, 0.2) is 54.9 Å². The van der Waals surface area contributed by atoms with Gasteiger partial charge in [-0.15, -0.1) is 5.10 Å². The van der Waals surface area contributed by atoms with Crippen LogP contribution in [-0.4, -0.2) is 64.5 Å². The minimum atomic E-state index is -0.236. The first-order chi connectivity index (χ1) is 14.7. The smallest absolute Gasteiger partial charge is 0.251 e. The molecule has 0 bridgehead atoms. The Labute approximate surface area is 173 Å². The monoisotopic (exact) mass is 407 g/mol. The van der Waals surface area contributed by atoms with E-state index in [1.54, 1.807) is 42.3 Å². The second-order valence-corrected chi connectivity index (χ2v) is 7.27. The van der Waals surface area contributed by atoms with Crippen molar-refractivity contribution in [1.82, 2.24) is 25.3 Å². The molecule has 2 fully saturated rings. The van der Waals surface area contributed by atoms with E-state index in [9.17, 15) is 4.79 Å². The molecule has 0 aliphatic carbocycles. The number of ether oxygens (including phenoxy) is 3. The number of fused-ring (bicyclic) bond motifs is 1. The van der Waals surface area contributed by atoms with E-state index in [4.69, 9.17) is 14.2 Å². The standard InChI is InChI=1S/C21H21N5O4/c1-28-14-7-5-13(6-8-14)21(27)23-17-11-29-20-18(12-30-19(17)20)26-10-16(24-25-26)15-4-2-3-9-22-15/h2-10,17-20H,11-12H2,1H3,(H,23,27)/t17-,18-,19+,20+/m0/s1. The van der Waals surface area contributed by atoms with Gasteiger partial charge >= 0.3 is 0 Å². The van der Waals surface area contributed by atoms with Crippen LogP contribution in [0.5, 0.6) is 5.75 Å². The molecule has 1 N–H and O–H groups in total. The average Bonchev–Trinajstić information content (AvgIpc) is 3.52. The molecule has 9 nitrogen and oxygen atoms in total. The van der Waals surface area contributed by atoms with Crippen LogP contribution in [-0.2, 0) is 9.47 Å². The van der Waals surface area contributed by atoms with Crippen molar-refractivity contribution < 1.29 is 19.0 Å². The second-order valence-electron chi connectivity index (χ2n) is 7.27. The number of benzene rings is 1. The average molecular weight is 407 g/mol. The van der Waals surface area contributed by atoms with Crippen molar-refractivity contribution in [1.29, 1.82) is 0 Å². The van der Waals surface area contributed by atoms with Gasteiger partial charge in [0.25, 0.3) is 5.91 Å². The Morgan fingerprint density at radius 3 is 2.70 bits per heavy atom. The lowest BCUT2D eigenvalue weighted by molar-refractivity contribution is 0.0613. The molecule has 5 rings (SSSR count). The molecule has 154 valence electrons. The number of nitrogens with one attached hydrogen (secondary N) is 1. The third kappa shape index (κ3) is 3.42. The number of amides is 1. The molecule has 3 aromatic rings. The maximum atomic E-state index is 12.6. The molecule has 2 aliphatic heterocycles. The molecule has 0 spiro atoms. The zero-order chi connectivity index (χ0) is 20.5. The molecular weight excluding hydrogens is 386 g/mol. The van der Waals surface area contributed by atoms with Crippen molar-refractivity contribution in [2.45, 2.75) is 24.3 Å². The molecule has 30 heavy (non-hydrogen) atoms. The predicted molar refractivity (Wildman–Crippen MR) is 106 cm³/mol. The van der Waals surface area contributed by atoms with Crippen molar-refractivity contribution in [3.8, 4) is 17.1 Å². The van der Waals surface area contributed by atoms with Gasteiger partial charge in [0.2, 0.25) is 0 Å². The Morgan fingerprint density at radius 1 is 1.10 bits per heavy atom. The fraction of sp³-hybridized carbons (Fsp3) is 0.333. The van der Waals surface area contributed by atoms with E-state index in [-0.39, 0.29) is 30.2 Å².